The molecule has 2 N–H and O–H groups in total. The molecule has 2 aliphatic rings. The number of rotatable bonds is 7. The molecule has 0 saturated heterocycles. The smallest absolute Gasteiger partial charge is 0.224 e. The largest absolute Gasteiger partial charge is 0.356 e. The first-order valence-electron chi connectivity index (χ1n) is 8.60. The molecule has 5 heteroatoms. The summed E-state index contributed by atoms with van der Waals surface area (Å²) in [6.07, 6.45) is 8.41. The maximum absolute atomic E-state index is 13.0. The van der Waals surface area contributed by atoms with Gasteiger partial charge in [-0.3, -0.25) is 9.59 Å². The number of allylic oxidation sites excluding steroid dienone is 2. The Bertz CT molecular complexity index is 644. The summed E-state index contributed by atoms with van der Waals surface area (Å²) in [4.78, 5) is 23.6. The number of hydrogen-bond donors (Lipinski definition) is 2. The second kappa shape index (κ2) is 7.60. The second-order valence-electron chi connectivity index (χ2n) is 6.74. The minimum absolute atomic E-state index is 0.0964. The molecule has 2 aliphatic carbocycles. The monoisotopic (exact) mass is 330 g/mol. The maximum Gasteiger partial charge on any atom is 0.224 e. The topological polar surface area (TPSA) is 58.2 Å². The zero-order chi connectivity index (χ0) is 16.9. The van der Waals surface area contributed by atoms with Crippen molar-refractivity contribution in [2.24, 2.45) is 17.8 Å². The summed E-state index contributed by atoms with van der Waals surface area (Å²) in [6.45, 7) is 0.673. The molecule has 2 bridgehead atoms. The number of benzene rings is 1. The Morgan fingerprint density at radius 3 is 2.67 bits per heavy atom. The molecule has 0 aliphatic heterocycles. The zero-order valence-corrected chi connectivity index (χ0v) is 13.6. The van der Waals surface area contributed by atoms with Crippen molar-refractivity contribution in [1.29, 1.82) is 0 Å². The number of anilines is 1. The van der Waals surface area contributed by atoms with E-state index in [-0.39, 0.29) is 24.7 Å². The minimum atomic E-state index is -0.402. The summed E-state index contributed by atoms with van der Waals surface area (Å²) in [7, 11) is 0. The molecule has 3 atom stereocenters. The van der Waals surface area contributed by atoms with Gasteiger partial charge >= 0.3 is 0 Å². The van der Waals surface area contributed by atoms with Crippen molar-refractivity contribution < 1.29 is 14.0 Å². The van der Waals surface area contributed by atoms with Gasteiger partial charge in [-0.1, -0.05) is 18.2 Å². The van der Waals surface area contributed by atoms with Crippen LogP contribution in [0.2, 0.25) is 0 Å². The van der Waals surface area contributed by atoms with Gasteiger partial charge in [0.25, 0.3) is 0 Å². The number of amides is 2. The Morgan fingerprint density at radius 2 is 1.96 bits per heavy atom. The summed E-state index contributed by atoms with van der Waals surface area (Å²) in [5, 5.41) is 5.49. The van der Waals surface area contributed by atoms with Crippen LogP contribution in [0.25, 0.3) is 0 Å². The van der Waals surface area contributed by atoms with Gasteiger partial charge in [0.1, 0.15) is 5.82 Å². The minimum Gasteiger partial charge on any atom is -0.356 e. The van der Waals surface area contributed by atoms with Gasteiger partial charge in [0.15, 0.2) is 0 Å². The van der Waals surface area contributed by atoms with E-state index in [9.17, 15) is 14.0 Å². The Kier molecular flexibility index (Phi) is 5.28. The van der Waals surface area contributed by atoms with E-state index in [1.165, 1.54) is 31.0 Å². The Balaban J connectivity index is 1.30. The third-order valence-corrected chi connectivity index (χ3v) is 4.94. The summed E-state index contributed by atoms with van der Waals surface area (Å²) in [5.41, 5.74) is 0.407. The van der Waals surface area contributed by atoms with Crippen LogP contribution in [-0.4, -0.2) is 18.4 Å². The van der Waals surface area contributed by atoms with Gasteiger partial charge < -0.3 is 10.6 Å². The van der Waals surface area contributed by atoms with Gasteiger partial charge in [-0.15, -0.1) is 0 Å². The predicted molar refractivity (Wildman–Crippen MR) is 90.7 cm³/mol. The van der Waals surface area contributed by atoms with Crippen molar-refractivity contribution in [2.75, 3.05) is 11.9 Å². The number of nitrogens with one attached hydrogen (secondary N) is 2. The molecule has 0 spiro atoms. The third-order valence-electron chi connectivity index (χ3n) is 4.94. The average molecular weight is 330 g/mol. The van der Waals surface area contributed by atoms with Gasteiger partial charge in [-0.2, -0.15) is 0 Å². The predicted octanol–water partition coefficient (Wildman–Crippen LogP) is 3.26. The van der Waals surface area contributed by atoms with Crippen molar-refractivity contribution >= 4 is 17.5 Å². The Morgan fingerprint density at radius 1 is 1.12 bits per heavy atom. The number of fused-ring (bicyclic) bond motifs is 2. The van der Waals surface area contributed by atoms with Crippen molar-refractivity contribution in [3.63, 3.8) is 0 Å². The maximum atomic E-state index is 13.0. The van der Waals surface area contributed by atoms with Crippen LogP contribution in [0.15, 0.2) is 36.4 Å². The third kappa shape index (κ3) is 4.43. The van der Waals surface area contributed by atoms with Crippen LogP contribution in [-0.2, 0) is 9.59 Å². The van der Waals surface area contributed by atoms with E-state index in [0.29, 0.717) is 24.1 Å². The van der Waals surface area contributed by atoms with Gasteiger partial charge in [0.05, 0.1) is 0 Å². The van der Waals surface area contributed by atoms with E-state index in [4.69, 9.17) is 0 Å². The SMILES string of the molecule is O=C(CCC(=O)Nc1cccc(F)c1)NCC[C@@H]1C[C@@H]2C=C[C@H]1C2. The summed E-state index contributed by atoms with van der Waals surface area (Å²) in [5.74, 6) is 1.35. The molecule has 3 rings (SSSR count). The zero-order valence-electron chi connectivity index (χ0n) is 13.6. The van der Waals surface area contributed by atoms with Gasteiger partial charge in [-0.05, 0) is 55.2 Å². The van der Waals surface area contributed by atoms with Crippen LogP contribution >= 0.6 is 0 Å². The molecule has 24 heavy (non-hydrogen) atoms. The first kappa shape index (κ1) is 16.7. The lowest BCUT2D eigenvalue weighted by Gasteiger charge is -2.17. The average Bonchev–Trinajstić information content (AvgIpc) is 3.16. The van der Waals surface area contributed by atoms with Crippen LogP contribution in [0.1, 0.15) is 32.1 Å². The van der Waals surface area contributed by atoms with Crippen LogP contribution in [0.3, 0.4) is 0 Å². The molecule has 1 aromatic carbocycles. The standard InChI is InChI=1S/C19H23FN2O2/c20-16-2-1-3-17(12-16)22-19(24)7-6-18(23)21-9-8-15-11-13-4-5-14(15)10-13/h1-5,12-15H,6-11H2,(H,21,23)(H,22,24)/t13-,14+,15-/m1/s1. The van der Waals surface area contributed by atoms with Gasteiger partial charge in [0, 0.05) is 25.1 Å². The molecule has 0 unspecified atom stereocenters. The number of carbonyl (C=O) groups excluding carboxylic acids is 2. The lowest BCUT2D eigenvalue weighted by Crippen LogP contribution is -2.27. The van der Waals surface area contributed by atoms with Crippen molar-refractivity contribution in [3.8, 4) is 0 Å². The first-order chi connectivity index (χ1) is 11.6. The highest BCUT2D eigenvalue weighted by Crippen LogP contribution is 2.44. The summed E-state index contributed by atoms with van der Waals surface area (Å²) < 4.78 is 13.0. The van der Waals surface area contributed by atoms with Crippen molar-refractivity contribution in [2.45, 2.75) is 32.1 Å². The molecule has 0 radical (unpaired) electrons. The van der Waals surface area contributed by atoms with Crippen molar-refractivity contribution in [1.82, 2.24) is 5.32 Å². The van der Waals surface area contributed by atoms with Gasteiger partial charge in [0.2, 0.25) is 11.8 Å². The summed E-state index contributed by atoms with van der Waals surface area (Å²) in [6, 6.07) is 5.71. The van der Waals surface area contributed by atoms with E-state index >= 15 is 0 Å². The number of halogens is 1. The second-order valence-corrected chi connectivity index (χ2v) is 6.74. The van der Waals surface area contributed by atoms with Crippen molar-refractivity contribution in [3.05, 3.63) is 42.2 Å². The Labute approximate surface area is 141 Å². The summed E-state index contributed by atoms with van der Waals surface area (Å²) >= 11 is 0. The highest BCUT2D eigenvalue weighted by molar-refractivity contribution is 5.93. The highest BCUT2D eigenvalue weighted by Gasteiger charge is 2.34. The molecule has 4 nitrogen and oxygen atoms in total. The lowest BCUT2D eigenvalue weighted by atomic mass is 9.91. The lowest BCUT2D eigenvalue weighted by molar-refractivity contribution is -0.124. The van der Waals surface area contributed by atoms with E-state index in [0.717, 1.165) is 12.3 Å². The quantitative estimate of drug-likeness (QED) is 0.754. The molecule has 1 saturated carbocycles. The molecule has 1 aromatic rings. The van der Waals surface area contributed by atoms with Crippen LogP contribution in [0, 0.1) is 23.6 Å². The van der Waals surface area contributed by atoms with E-state index < -0.39 is 5.82 Å². The molecule has 1 fully saturated rings. The Hall–Kier alpha value is -2.17. The van der Waals surface area contributed by atoms with E-state index in [1.54, 1.807) is 6.07 Å². The fourth-order valence-corrected chi connectivity index (χ4v) is 3.73. The van der Waals surface area contributed by atoms with Gasteiger partial charge in [-0.25, -0.2) is 4.39 Å². The van der Waals surface area contributed by atoms with Crippen LogP contribution in [0.5, 0.6) is 0 Å². The molecule has 0 heterocycles. The van der Waals surface area contributed by atoms with Crippen LogP contribution in [0.4, 0.5) is 10.1 Å². The fourth-order valence-electron chi connectivity index (χ4n) is 3.73. The van der Waals surface area contributed by atoms with E-state index in [2.05, 4.69) is 22.8 Å². The fraction of sp³-hybridized carbons (Fsp3) is 0.474. The normalized spacial score (nSPS) is 24.1. The molecular formula is C19H23FN2O2. The van der Waals surface area contributed by atoms with Crippen LogP contribution < -0.4 is 10.6 Å². The highest BCUT2D eigenvalue weighted by atomic mass is 19.1. The first-order valence-corrected chi connectivity index (χ1v) is 8.60. The molecular weight excluding hydrogens is 307 g/mol. The molecule has 0 aromatic heterocycles. The molecule has 128 valence electrons. The number of hydrogen-bond acceptors (Lipinski definition) is 2. The van der Waals surface area contributed by atoms with E-state index in [1.807, 2.05) is 0 Å². The number of carbonyl (C=O) groups is 2. The molecule has 2 amide bonds.